The first-order valence-electron chi connectivity index (χ1n) is 14.9. The summed E-state index contributed by atoms with van der Waals surface area (Å²) in [6.07, 6.45) is 5.13. The minimum atomic E-state index is 0.101. The van der Waals surface area contributed by atoms with Gasteiger partial charge in [0.1, 0.15) is 29.7 Å². The van der Waals surface area contributed by atoms with Crippen LogP contribution in [0.15, 0.2) is 54.7 Å². The number of amides is 1. The van der Waals surface area contributed by atoms with Crippen molar-refractivity contribution in [2.75, 3.05) is 69.2 Å². The Bertz CT molecular complexity index is 1330. The van der Waals surface area contributed by atoms with Gasteiger partial charge in [0.15, 0.2) is 0 Å². The molecule has 1 aromatic heterocycles. The zero-order chi connectivity index (χ0) is 29.3. The van der Waals surface area contributed by atoms with E-state index in [1.165, 1.54) is 0 Å². The first kappa shape index (κ1) is 30.1. The van der Waals surface area contributed by atoms with Crippen LogP contribution in [0.5, 0.6) is 11.5 Å². The van der Waals surface area contributed by atoms with Crippen molar-refractivity contribution in [3.8, 4) is 11.5 Å². The number of hydrogen-bond donors (Lipinski definition) is 1. The number of aromatic nitrogens is 2. The lowest BCUT2D eigenvalue weighted by atomic mass is 10.00. The van der Waals surface area contributed by atoms with E-state index in [1.807, 2.05) is 61.3 Å². The summed E-state index contributed by atoms with van der Waals surface area (Å²) in [6, 6.07) is 15.5. The van der Waals surface area contributed by atoms with Crippen LogP contribution in [0.2, 0.25) is 5.02 Å². The molecule has 0 spiro atoms. The maximum absolute atomic E-state index is 12.2. The van der Waals surface area contributed by atoms with Gasteiger partial charge in [0, 0.05) is 74.4 Å². The lowest BCUT2D eigenvalue weighted by Crippen LogP contribution is -2.49. The average molecular weight is 593 g/mol. The van der Waals surface area contributed by atoms with E-state index in [-0.39, 0.29) is 18.6 Å². The van der Waals surface area contributed by atoms with Gasteiger partial charge >= 0.3 is 0 Å². The van der Waals surface area contributed by atoms with Crippen LogP contribution in [-0.4, -0.2) is 84.7 Å². The van der Waals surface area contributed by atoms with Crippen LogP contribution in [0.25, 0.3) is 0 Å². The Morgan fingerprint density at radius 3 is 2.57 bits per heavy atom. The zero-order valence-electron chi connectivity index (χ0n) is 24.6. The zero-order valence-corrected chi connectivity index (χ0v) is 25.4. The Hall–Kier alpha value is -3.40. The van der Waals surface area contributed by atoms with Crippen LogP contribution < -0.4 is 15.0 Å². The highest BCUT2D eigenvalue weighted by molar-refractivity contribution is 6.30. The summed E-state index contributed by atoms with van der Waals surface area (Å²) in [4.78, 5) is 28.4. The molecule has 1 atom stereocenters. The van der Waals surface area contributed by atoms with E-state index in [1.54, 1.807) is 6.07 Å². The molecular formula is C32H41ClN6O3. The number of unbranched alkanes of at least 4 members (excludes halogenated alkanes) is 1. The van der Waals surface area contributed by atoms with E-state index in [2.05, 4.69) is 26.2 Å². The maximum Gasteiger partial charge on any atom is 0.248 e. The normalized spacial score (nSPS) is 17.2. The van der Waals surface area contributed by atoms with Gasteiger partial charge in [-0.25, -0.2) is 9.97 Å². The number of ether oxygens (including phenoxy) is 2. The van der Waals surface area contributed by atoms with Crippen molar-refractivity contribution in [2.45, 2.75) is 39.2 Å². The Balaban J connectivity index is 1.13. The minimum absolute atomic E-state index is 0.101. The number of anilines is 2. The largest absolute Gasteiger partial charge is 0.457 e. The number of hydrogen-bond acceptors (Lipinski definition) is 8. The fraction of sp³-hybridized carbons (Fsp3) is 0.469. The van der Waals surface area contributed by atoms with Gasteiger partial charge in [0.05, 0.1) is 6.04 Å². The van der Waals surface area contributed by atoms with E-state index in [9.17, 15) is 4.79 Å². The van der Waals surface area contributed by atoms with Gasteiger partial charge in [0.2, 0.25) is 5.91 Å². The van der Waals surface area contributed by atoms with Gasteiger partial charge in [-0.05, 0) is 70.0 Å². The number of piperazine rings is 1. The molecule has 224 valence electrons. The number of carbonyl (C=O) groups is 1. The third kappa shape index (κ3) is 8.12. The molecule has 1 N–H and O–H groups in total. The van der Waals surface area contributed by atoms with E-state index >= 15 is 0 Å². The molecule has 10 heteroatoms. The third-order valence-electron chi connectivity index (χ3n) is 7.79. The number of nitrogens with one attached hydrogen (secondary N) is 1. The molecular weight excluding hydrogens is 552 g/mol. The van der Waals surface area contributed by atoms with Crippen molar-refractivity contribution in [3.63, 3.8) is 0 Å². The van der Waals surface area contributed by atoms with Gasteiger partial charge in [-0.2, -0.15) is 0 Å². The summed E-state index contributed by atoms with van der Waals surface area (Å²) in [5, 5.41) is 4.34. The van der Waals surface area contributed by atoms with Gasteiger partial charge in [-0.3, -0.25) is 9.69 Å². The number of fused-ring (bicyclic) bond motifs is 1. The molecule has 1 fully saturated rings. The topological polar surface area (TPSA) is 83.1 Å². The Kier molecular flexibility index (Phi) is 10.5. The quantitative estimate of drug-likeness (QED) is 0.274. The van der Waals surface area contributed by atoms with E-state index in [4.69, 9.17) is 26.1 Å². The van der Waals surface area contributed by atoms with Crippen LogP contribution >= 0.6 is 11.6 Å². The first-order valence-corrected chi connectivity index (χ1v) is 15.3. The van der Waals surface area contributed by atoms with Crippen LogP contribution in [0.1, 0.15) is 43.6 Å². The predicted octanol–water partition coefficient (Wildman–Crippen LogP) is 5.55. The highest BCUT2D eigenvalue weighted by Crippen LogP contribution is 2.35. The summed E-state index contributed by atoms with van der Waals surface area (Å²) < 4.78 is 11.3. The van der Waals surface area contributed by atoms with Crippen LogP contribution in [-0.2, 0) is 9.53 Å². The maximum atomic E-state index is 12.2. The Morgan fingerprint density at radius 1 is 1.02 bits per heavy atom. The summed E-state index contributed by atoms with van der Waals surface area (Å²) in [5.41, 5.74) is 2.11. The Labute approximate surface area is 253 Å². The molecule has 0 saturated carbocycles. The molecule has 42 heavy (non-hydrogen) atoms. The second kappa shape index (κ2) is 14.7. The number of benzene rings is 2. The molecule has 2 aromatic carbocycles. The molecule has 3 aromatic rings. The molecule has 5 rings (SSSR count). The van der Waals surface area contributed by atoms with E-state index in [0.717, 1.165) is 93.7 Å². The predicted molar refractivity (Wildman–Crippen MR) is 167 cm³/mol. The molecule has 1 amide bonds. The summed E-state index contributed by atoms with van der Waals surface area (Å²) in [6.45, 7) is 11.0. The molecule has 2 aliphatic heterocycles. The van der Waals surface area contributed by atoms with Gasteiger partial charge in [-0.1, -0.05) is 23.7 Å². The third-order valence-corrected chi connectivity index (χ3v) is 8.03. The second-order valence-electron chi connectivity index (χ2n) is 10.8. The smallest absolute Gasteiger partial charge is 0.248 e. The van der Waals surface area contributed by atoms with Gasteiger partial charge in [-0.15, -0.1) is 0 Å². The first-order chi connectivity index (χ1) is 20.5. The van der Waals surface area contributed by atoms with Gasteiger partial charge in [0.25, 0.3) is 0 Å². The minimum Gasteiger partial charge on any atom is -0.457 e. The number of aryl methyl sites for hydroxylation is 1. The SMILES string of the molecule is CCOCC(=O)N1CCN(CCCCN2CCC(Nc3cccc(Oc4cccc(Cl)c4)c3)c3cnc(C)nc32)CC1. The highest BCUT2D eigenvalue weighted by Gasteiger charge is 2.27. The number of rotatable bonds is 12. The van der Waals surface area contributed by atoms with Crippen molar-refractivity contribution in [1.82, 2.24) is 19.8 Å². The fourth-order valence-corrected chi connectivity index (χ4v) is 5.72. The lowest BCUT2D eigenvalue weighted by Gasteiger charge is -2.36. The highest BCUT2D eigenvalue weighted by atomic mass is 35.5. The molecule has 0 bridgehead atoms. The second-order valence-corrected chi connectivity index (χ2v) is 11.3. The van der Waals surface area contributed by atoms with Crippen molar-refractivity contribution in [1.29, 1.82) is 0 Å². The summed E-state index contributed by atoms with van der Waals surface area (Å²) in [7, 11) is 0. The van der Waals surface area contributed by atoms with E-state index in [0.29, 0.717) is 17.4 Å². The van der Waals surface area contributed by atoms with Crippen molar-refractivity contribution in [2.24, 2.45) is 0 Å². The molecule has 0 aliphatic carbocycles. The van der Waals surface area contributed by atoms with Gasteiger partial charge < -0.3 is 24.6 Å². The number of carbonyl (C=O) groups excluding carboxylic acids is 1. The fourth-order valence-electron chi connectivity index (χ4n) is 5.54. The number of nitrogens with zero attached hydrogens (tertiary/aromatic N) is 5. The van der Waals surface area contributed by atoms with Crippen molar-refractivity contribution >= 4 is 29.0 Å². The molecule has 9 nitrogen and oxygen atoms in total. The summed E-state index contributed by atoms with van der Waals surface area (Å²) >= 11 is 6.12. The number of halogens is 1. The molecule has 3 heterocycles. The van der Waals surface area contributed by atoms with Crippen LogP contribution in [0, 0.1) is 6.92 Å². The van der Waals surface area contributed by atoms with Crippen LogP contribution in [0.3, 0.4) is 0 Å². The average Bonchev–Trinajstić information content (AvgIpc) is 2.99. The molecule has 0 radical (unpaired) electrons. The molecule has 1 saturated heterocycles. The summed E-state index contributed by atoms with van der Waals surface area (Å²) in [5.74, 6) is 3.37. The lowest BCUT2D eigenvalue weighted by molar-refractivity contribution is -0.137. The Morgan fingerprint density at radius 2 is 1.79 bits per heavy atom. The van der Waals surface area contributed by atoms with E-state index < -0.39 is 0 Å². The monoisotopic (exact) mass is 592 g/mol. The standard InChI is InChI=1S/C32H41ClN6O3/c1-3-41-23-31(40)38-18-16-37(17-19-38)13-4-5-14-39-15-12-30(29-22-34-24(2)35-32(29)39)36-26-9-7-11-28(21-26)42-27-10-6-8-25(33)20-27/h6-11,20-22,30,36H,3-5,12-19,23H2,1-2H3. The van der Waals surface area contributed by atoms with Crippen LogP contribution in [0.4, 0.5) is 11.5 Å². The van der Waals surface area contributed by atoms with Crippen molar-refractivity contribution < 1.29 is 14.3 Å². The van der Waals surface area contributed by atoms with Crippen molar-refractivity contribution in [3.05, 3.63) is 71.1 Å². The molecule has 2 aliphatic rings. The molecule has 1 unspecified atom stereocenters.